The molecule has 0 unspecified atom stereocenters. The summed E-state index contributed by atoms with van der Waals surface area (Å²) in [5.41, 5.74) is 2.03. The Labute approximate surface area is 102 Å². The normalized spacial score (nSPS) is 14.2. The van der Waals surface area contributed by atoms with E-state index >= 15 is 0 Å². The quantitative estimate of drug-likeness (QED) is 0.571. The molecule has 0 heterocycles. The minimum Gasteiger partial charge on any atom is -0.494 e. The van der Waals surface area contributed by atoms with Gasteiger partial charge in [0.1, 0.15) is 5.75 Å². The van der Waals surface area contributed by atoms with Gasteiger partial charge in [-0.2, -0.15) is 0 Å². The largest absolute Gasteiger partial charge is 0.494 e. The van der Waals surface area contributed by atoms with Crippen molar-refractivity contribution in [3.05, 3.63) is 42.0 Å². The minimum absolute atomic E-state index is 0.253. The topological polar surface area (TPSA) is 26.3 Å². The predicted octanol–water partition coefficient (Wildman–Crippen LogP) is 3.55. The Bertz CT molecular complexity index is 421. The van der Waals surface area contributed by atoms with Crippen LogP contribution in [0.1, 0.15) is 41.6 Å². The summed E-state index contributed by atoms with van der Waals surface area (Å²) in [5.74, 6) is 1.06. The average molecular weight is 230 g/mol. The number of unbranched alkanes of at least 4 members (excludes halogenated alkanes) is 1. The van der Waals surface area contributed by atoms with E-state index in [-0.39, 0.29) is 5.78 Å². The molecular formula is C15H18O2. The van der Waals surface area contributed by atoms with Crippen LogP contribution in [0.4, 0.5) is 0 Å². The summed E-state index contributed by atoms with van der Waals surface area (Å²) in [7, 11) is 0. The van der Waals surface area contributed by atoms with Crippen LogP contribution in [-0.2, 0) is 6.42 Å². The van der Waals surface area contributed by atoms with Crippen LogP contribution >= 0.6 is 0 Å². The van der Waals surface area contributed by atoms with E-state index in [4.69, 9.17) is 4.74 Å². The molecule has 0 fully saturated rings. The molecule has 90 valence electrons. The highest BCUT2D eigenvalue weighted by atomic mass is 16.5. The molecule has 0 amide bonds. The van der Waals surface area contributed by atoms with Gasteiger partial charge in [0.2, 0.25) is 0 Å². The van der Waals surface area contributed by atoms with Crippen molar-refractivity contribution in [2.24, 2.45) is 0 Å². The van der Waals surface area contributed by atoms with Gasteiger partial charge < -0.3 is 4.74 Å². The van der Waals surface area contributed by atoms with Crippen LogP contribution < -0.4 is 4.74 Å². The molecule has 0 N–H and O–H groups in total. The maximum absolute atomic E-state index is 11.7. The summed E-state index contributed by atoms with van der Waals surface area (Å²) in [6, 6.07) is 5.88. The number of ketones is 1. The van der Waals surface area contributed by atoms with E-state index in [9.17, 15) is 4.79 Å². The molecule has 2 rings (SSSR count). The zero-order valence-electron chi connectivity index (χ0n) is 10.1. The Morgan fingerprint density at radius 1 is 1.35 bits per heavy atom. The van der Waals surface area contributed by atoms with Gasteiger partial charge in [0, 0.05) is 12.0 Å². The molecule has 0 spiro atoms. The van der Waals surface area contributed by atoms with E-state index in [0.29, 0.717) is 13.0 Å². The molecule has 0 saturated carbocycles. The van der Waals surface area contributed by atoms with E-state index in [0.717, 1.165) is 37.0 Å². The lowest BCUT2D eigenvalue weighted by molar-refractivity contribution is 0.0972. The predicted molar refractivity (Wildman–Crippen MR) is 68.6 cm³/mol. The zero-order chi connectivity index (χ0) is 12.1. The van der Waals surface area contributed by atoms with Crippen LogP contribution in [0.5, 0.6) is 5.75 Å². The first kappa shape index (κ1) is 11.9. The van der Waals surface area contributed by atoms with Crippen molar-refractivity contribution in [1.29, 1.82) is 0 Å². The van der Waals surface area contributed by atoms with E-state index in [1.165, 1.54) is 5.56 Å². The lowest BCUT2D eigenvalue weighted by atomic mass is 9.90. The maximum Gasteiger partial charge on any atom is 0.163 e. The van der Waals surface area contributed by atoms with Gasteiger partial charge >= 0.3 is 0 Å². The lowest BCUT2D eigenvalue weighted by Crippen LogP contribution is -2.11. The third-order valence-corrected chi connectivity index (χ3v) is 3.05. The third kappa shape index (κ3) is 2.96. The van der Waals surface area contributed by atoms with Crippen molar-refractivity contribution in [3.63, 3.8) is 0 Å². The molecule has 17 heavy (non-hydrogen) atoms. The van der Waals surface area contributed by atoms with Crippen molar-refractivity contribution in [3.8, 4) is 5.75 Å². The second-order valence-corrected chi connectivity index (χ2v) is 4.38. The van der Waals surface area contributed by atoms with Gasteiger partial charge in [0.15, 0.2) is 5.78 Å². The first-order valence-electron chi connectivity index (χ1n) is 6.21. The van der Waals surface area contributed by atoms with Crippen LogP contribution in [0.2, 0.25) is 0 Å². The van der Waals surface area contributed by atoms with Crippen molar-refractivity contribution in [1.82, 2.24) is 0 Å². The highest BCUT2D eigenvalue weighted by Gasteiger charge is 2.17. The molecule has 0 atom stereocenters. The Morgan fingerprint density at radius 3 is 3.06 bits per heavy atom. The van der Waals surface area contributed by atoms with Gasteiger partial charge in [0.25, 0.3) is 0 Å². The van der Waals surface area contributed by atoms with Gasteiger partial charge in [-0.25, -0.2) is 0 Å². The Hall–Kier alpha value is -1.57. The molecule has 1 aromatic carbocycles. The molecule has 2 heteroatoms. The third-order valence-electron chi connectivity index (χ3n) is 3.05. The van der Waals surface area contributed by atoms with Crippen LogP contribution in [-0.4, -0.2) is 12.4 Å². The number of hydrogen-bond donors (Lipinski definition) is 0. The minimum atomic E-state index is 0.253. The van der Waals surface area contributed by atoms with Crippen LogP contribution in [0.25, 0.3) is 0 Å². The standard InChI is InChI=1S/C15H18O2/c1-2-3-4-10-17-13-9-8-12-6-5-7-15(16)14(12)11-13/h2,8-9,11H,1,3-7,10H2. The highest BCUT2D eigenvalue weighted by Crippen LogP contribution is 2.25. The maximum atomic E-state index is 11.7. The fourth-order valence-electron chi connectivity index (χ4n) is 2.11. The number of fused-ring (bicyclic) bond motifs is 1. The molecule has 1 aliphatic rings. The first-order chi connectivity index (χ1) is 8.31. The molecule has 0 aliphatic heterocycles. The number of benzene rings is 1. The van der Waals surface area contributed by atoms with Gasteiger partial charge in [-0.1, -0.05) is 12.1 Å². The summed E-state index contributed by atoms with van der Waals surface area (Å²) in [6.45, 7) is 4.35. The number of hydrogen-bond acceptors (Lipinski definition) is 2. The van der Waals surface area contributed by atoms with Gasteiger partial charge in [-0.15, -0.1) is 6.58 Å². The van der Waals surface area contributed by atoms with Crippen molar-refractivity contribution >= 4 is 5.78 Å². The summed E-state index contributed by atoms with van der Waals surface area (Å²) in [4.78, 5) is 11.7. The van der Waals surface area contributed by atoms with E-state index < -0.39 is 0 Å². The van der Waals surface area contributed by atoms with Gasteiger partial charge in [-0.3, -0.25) is 4.79 Å². The average Bonchev–Trinajstić information content (AvgIpc) is 2.36. The van der Waals surface area contributed by atoms with Gasteiger partial charge in [-0.05, 0) is 43.4 Å². The van der Waals surface area contributed by atoms with Crippen LogP contribution in [0.15, 0.2) is 30.9 Å². The first-order valence-corrected chi connectivity index (χ1v) is 6.21. The Balaban J connectivity index is 2.02. The fraction of sp³-hybridized carbons (Fsp3) is 0.400. The number of aryl methyl sites for hydroxylation is 1. The number of rotatable bonds is 5. The molecule has 0 bridgehead atoms. The monoisotopic (exact) mass is 230 g/mol. The second kappa shape index (κ2) is 5.67. The Morgan fingerprint density at radius 2 is 2.24 bits per heavy atom. The fourth-order valence-corrected chi connectivity index (χ4v) is 2.11. The summed E-state index contributed by atoms with van der Waals surface area (Å²) in [6.07, 6.45) is 6.48. The Kier molecular flexibility index (Phi) is 3.97. The number of carbonyl (C=O) groups excluding carboxylic acids is 1. The number of carbonyl (C=O) groups is 1. The molecule has 0 saturated heterocycles. The van der Waals surface area contributed by atoms with Crippen LogP contribution in [0, 0.1) is 0 Å². The van der Waals surface area contributed by atoms with E-state index in [1.807, 2.05) is 24.3 Å². The summed E-state index contributed by atoms with van der Waals surface area (Å²) in [5, 5.41) is 0. The molecule has 0 radical (unpaired) electrons. The molecule has 1 aromatic rings. The number of allylic oxidation sites excluding steroid dienone is 1. The van der Waals surface area contributed by atoms with Crippen molar-refractivity contribution < 1.29 is 9.53 Å². The van der Waals surface area contributed by atoms with E-state index in [1.54, 1.807) is 0 Å². The van der Waals surface area contributed by atoms with Gasteiger partial charge in [0.05, 0.1) is 6.61 Å². The molecule has 1 aliphatic carbocycles. The van der Waals surface area contributed by atoms with Crippen LogP contribution in [0.3, 0.4) is 0 Å². The van der Waals surface area contributed by atoms with E-state index in [2.05, 4.69) is 6.58 Å². The summed E-state index contributed by atoms with van der Waals surface area (Å²) >= 11 is 0. The highest BCUT2D eigenvalue weighted by molar-refractivity contribution is 5.98. The van der Waals surface area contributed by atoms with Crippen molar-refractivity contribution in [2.75, 3.05) is 6.61 Å². The second-order valence-electron chi connectivity index (χ2n) is 4.38. The SMILES string of the molecule is C=CCCCOc1ccc2c(c1)C(=O)CCC2. The number of ether oxygens (including phenoxy) is 1. The smallest absolute Gasteiger partial charge is 0.163 e. The number of Topliss-reactive ketones (excluding diaryl/α,β-unsaturated/α-hetero) is 1. The van der Waals surface area contributed by atoms with Crippen molar-refractivity contribution in [2.45, 2.75) is 32.1 Å². The lowest BCUT2D eigenvalue weighted by Gasteiger charge is -2.15. The molecule has 2 nitrogen and oxygen atoms in total. The molecular weight excluding hydrogens is 212 g/mol. The zero-order valence-corrected chi connectivity index (χ0v) is 10.1. The summed E-state index contributed by atoms with van der Waals surface area (Å²) < 4.78 is 5.62. The molecule has 0 aromatic heterocycles.